The number of methoxy groups -OCH3 is 1. The van der Waals surface area contributed by atoms with Gasteiger partial charge in [-0.15, -0.1) is 11.3 Å². The van der Waals surface area contributed by atoms with E-state index in [1.54, 1.807) is 24.5 Å². The van der Waals surface area contributed by atoms with E-state index in [1.807, 2.05) is 6.07 Å². The smallest absolute Gasteiger partial charge is 0.124 e. The summed E-state index contributed by atoms with van der Waals surface area (Å²) in [6.45, 7) is 2.94. The van der Waals surface area contributed by atoms with Crippen molar-refractivity contribution >= 4 is 43.2 Å². The molecule has 0 aliphatic rings. The number of nitrogens with one attached hydrogen (secondary N) is 1. The first-order valence-electron chi connectivity index (χ1n) is 6.58. The van der Waals surface area contributed by atoms with Gasteiger partial charge in [0, 0.05) is 5.56 Å². The van der Waals surface area contributed by atoms with Crippen molar-refractivity contribution in [2.75, 3.05) is 13.7 Å². The Hall–Kier alpha value is -0.430. The van der Waals surface area contributed by atoms with Gasteiger partial charge in [-0.05, 0) is 74.7 Å². The van der Waals surface area contributed by atoms with Gasteiger partial charge in [-0.1, -0.05) is 6.92 Å². The monoisotopic (exact) mass is 435 g/mol. The highest BCUT2D eigenvalue weighted by atomic mass is 79.9. The summed E-state index contributed by atoms with van der Waals surface area (Å²) in [6, 6.07) is 6.54. The van der Waals surface area contributed by atoms with Crippen molar-refractivity contribution in [2.45, 2.75) is 19.4 Å². The van der Waals surface area contributed by atoms with Crippen LogP contribution < -0.4 is 10.1 Å². The lowest BCUT2D eigenvalue weighted by Crippen LogP contribution is -2.23. The van der Waals surface area contributed by atoms with Gasteiger partial charge in [0.25, 0.3) is 0 Å². The van der Waals surface area contributed by atoms with E-state index in [4.69, 9.17) is 4.74 Å². The molecule has 114 valence electrons. The predicted molar refractivity (Wildman–Crippen MR) is 92.8 cm³/mol. The number of rotatable bonds is 6. The summed E-state index contributed by atoms with van der Waals surface area (Å²) < 4.78 is 21.1. The molecule has 1 N–H and O–H groups in total. The van der Waals surface area contributed by atoms with Gasteiger partial charge in [-0.3, -0.25) is 0 Å². The number of thiophene rings is 1. The molecule has 0 fully saturated rings. The van der Waals surface area contributed by atoms with E-state index < -0.39 is 0 Å². The van der Waals surface area contributed by atoms with Crippen molar-refractivity contribution < 1.29 is 9.13 Å². The van der Waals surface area contributed by atoms with Gasteiger partial charge in [0.15, 0.2) is 0 Å². The van der Waals surface area contributed by atoms with Crippen molar-refractivity contribution in [3.8, 4) is 5.75 Å². The SMILES string of the molecule is CCCNC(c1cc(F)ccc1OC)c1cc(Br)sc1Br. The minimum atomic E-state index is -0.264. The third kappa shape index (κ3) is 4.06. The summed E-state index contributed by atoms with van der Waals surface area (Å²) in [5.41, 5.74) is 1.88. The topological polar surface area (TPSA) is 21.3 Å². The van der Waals surface area contributed by atoms with Crippen molar-refractivity contribution in [3.05, 3.63) is 48.8 Å². The molecule has 1 atom stereocenters. The lowest BCUT2D eigenvalue weighted by Gasteiger charge is -2.21. The van der Waals surface area contributed by atoms with Gasteiger partial charge >= 0.3 is 0 Å². The number of hydrogen-bond acceptors (Lipinski definition) is 3. The van der Waals surface area contributed by atoms with Crippen LogP contribution in [0, 0.1) is 5.82 Å². The second-order valence-electron chi connectivity index (χ2n) is 4.55. The average Bonchev–Trinajstić information content (AvgIpc) is 2.78. The van der Waals surface area contributed by atoms with Crippen LogP contribution in [-0.2, 0) is 0 Å². The highest BCUT2D eigenvalue weighted by Crippen LogP contribution is 2.40. The molecule has 1 aromatic heterocycles. The molecule has 1 unspecified atom stereocenters. The van der Waals surface area contributed by atoms with Crippen LogP contribution in [0.1, 0.15) is 30.5 Å². The second kappa shape index (κ2) is 7.72. The van der Waals surface area contributed by atoms with E-state index in [2.05, 4.69) is 44.1 Å². The maximum absolute atomic E-state index is 13.7. The lowest BCUT2D eigenvalue weighted by atomic mass is 10.00. The van der Waals surface area contributed by atoms with Crippen LogP contribution in [0.3, 0.4) is 0 Å². The van der Waals surface area contributed by atoms with Gasteiger partial charge in [0.05, 0.1) is 20.7 Å². The largest absolute Gasteiger partial charge is 0.496 e. The van der Waals surface area contributed by atoms with Crippen LogP contribution >= 0.6 is 43.2 Å². The zero-order valence-corrected chi connectivity index (χ0v) is 15.7. The molecule has 0 saturated heterocycles. The number of ether oxygens (including phenoxy) is 1. The molecular formula is C15H16Br2FNOS. The van der Waals surface area contributed by atoms with Crippen molar-refractivity contribution in [2.24, 2.45) is 0 Å². The van der Waals surface area contributed by atoms with Crippen molar-refractivity contribution in [1.29, 1.82) is 0 Å². The summed E-state index contributed by atoms with van der Waals surface area (Å²) in [4.78, 5) is 0. The summed E-state index contributed by atoms with van der Waals surface area (Å²) in [5.74, 6) is 0.416. The van der Waals surface area contributed by atoms with Crippen LogP contribution in [0.2, 0.25) is 0 Å². The number of halogens is 3. The molecule has 0 aliphatic carbocycles. The summed E-state index contributed by atoms with van der Waals surface area (Å²) in [6.07, 6.45) is 0.997. The minimum Gasteiger partial charge on any atom is -0.496 e. The van der Waals surface area contributed by atoms with E-state index in [9.17, 15) is 4.39 Å². The Morgan fingerprint density at radius 2 is 2.05 bits per heavy atom. The van der Waals surface area contributed by atoms with E-state index in [1.165, 1.54) is 12.1 Å². The molecule has 2 rings (SSSR count). The van der Waals surface area contributed by atoms with Crippen LogP contribution in [0.25, 0.3) is 0 Å². The Morgan fingerprint density at radius 1 is 1.29 bits per heavy atom. The van der Waals surface area contributed by atoms with Crippen LogP contribution in [0.5, 0.6) is 5.75 Å². The molecule has 2 aromatic rings. The number of benzene rings is 1. The first-order valence-corrected chi connectivity index (χ1v) is 8.98. The van der Waals surface area contributed by atoms with E-state index in [0.29, 0.717) is 5.75 Å². The molecule has 21 heavy (non-hydrogen) atoms. The zero-order chi connectivity index (χ0) is 15.4. The van der Waals surface area contributed by atoms with Gasteiger partial charge in [-0.25, -0.2) is 4.39 Å². The van der Waals surface area contributed by atoms with Gasteiger partial charge in [0.2, 0.25) is 0 Å². The molecular weight excluding hydrogens is 421 g/mol. The second-order valence-corrected chi connectivity index (χ2v) is 8.30. The highest BCUT2D eigenvalue weighted by molar-refractivity contribution is 9.12. The fraction of sp³-hybridized carbons (Fsp3) is 0.333. The fourth-order valence-corrected chi connectivity index (χ4v) is 5.06. The highest BCUT2D eigenvalue weighted by Gasteiger charge is 2.22. The Morgan fingerprint density at radius 3 is 2.62 bits per heavy atom. The van der Waals surface area contributed by atoms with Gasteiger partial charge in [0.1, 0.15) is 11.6 Å². The van der Waals surface area contributed by atoms with Crippen LogP contribution in [0.15, 0.2) is 31.8 Å². The van der Waals surface area contributed by atoms with Gasteiger partial charge < -0.3 is 10.1 Å². The van der Waals surface area contributed by atoms with Crippen molar-refractivity contribution in [1.82, 2.24) is 5.32 Å². The molecule has 0 bridgehead atoms. The Kier molecular flexibility index (Phi) is 6.22. The molecule has 1 aromatic carbocycles. The zero-order valence-electron chi connectivity index (χ0n) is 11.8. The minimum absolute atomic E-state index is 0.118. The van der Waals surface area contributed by atoms with E-state index in [-0.39, 0.29) is 11.9 Å². The molecule has 1 heterocycles. The Balaban J connectivity index is 2.50. The van der Waals surface area contributed by atoms with Crippen molar-refractivity contribution in [3.63, 3.8) is 0 Å². The Bertz CT molecular complexity index is 618. The summed E-state index contributed by atoms with van der Waals surface area (Å²) >= 11 is 8.69. The predicted octanol–water partition coefficient (Wildman–Crippen LogP) is 5.51. The van der Waals surface area contributed by atoms with E-state index >= 15 is 0 Å². The molecule has 2 nitrogen and oxygen atoms in total. The quantitative estimate of drug-likeness (QED) is 0.644. The van der Waals surface area contributed by atoms with Gasteiger partial charge in [-0.2, -0.15) is 0 Å². The first-order chi connectivity index (χ1) is 10.1. The summed E-state index contributed by atoms with van der Waals surface area (Å²) in [7, 11) is 1.60. The lowest BCUT2D eigenvalue weighted by molar-refractivity contribution is 0.402. The van der Waals surface area contributed by atoms with E-state index in [0.717, 1.165) is 31.7 Å². The normalized spacial score (nSPS) is 12.4. The molecule has 6 heteroatoms. The average molecular weight is 437 g/mol. The molecule has 0 spiro atoms. The Labute approximate surface area is 145 Å². The summed E-state index contributed by atoms with van der Waals surface area (Å²) in [5, 5.41) is 3.47. The maximum Gasteiger partial charge on any atom is 0.124 e. The molecule has 0 saturated carbocycles. The third-order valence-electron chi connectivity index (χ3n) is 3.10. The first kappa shape index (κ1) is 16.9. The molecule has 0 aliphatic heterocycles. The van der Waals surface area contributed by atoms with Crippen LogP contribution in [0.4, 0.5) is 4.39 Å². The van der Waals surface area contributed by atoms with Crippen LogP contribution in [-0.4, -0.2) is 13.7 Å². The maximum atomic E-state index is 13.7. The molecule has 0 amide bonds. The third-order valence-corrected chi connectivity index (χ3v) is 5.48. The molecule has 0 radical (unpaired) electrons. The number of hydrogen-bond donors (Lipinski definition) is 1. The fourth-order valence-electron chi connectivity index (χ4n) is 2.16. The standard InChI is InChI=1S/C15H16Br2FNOS/c1-3-6-19-14(11-8-13(16)21-15(11)17)10-7-9(18)4-5-12(10)20-2/h4-5,7-8,14,19H,3,6H2,1-2H3.